The lowest BCUT2D eigenvalue weighted by molar-refractivity contribution is -0.119. The SMILES string of the molecule is Cc1cc(NCC2CCC(=O)N2)nc(C)n1. The van der Waals surface area contributed by atoms with E-state index in [0.29, 0.717) is 6.42 Å². The highest BCUT2D eigenvalue weighted by Gasteiger charge is 2.20. The molecule has 0 spiro atoms. The first kappa shape index (κ1) is 10.9. The van der Waals surface area contributed by atoms with Gasteiger partial charge in [0.15, 0.2) is 0 Å². The molecule has 0 radical (unpaired) electrons. The van der Waals surface area contributed by atoms with E-state index in [1.54, 1.807) is 0 Å². The summed E-state index contributed by atoms with van der Waals surface area (Å²) in [6, 6.07) is 2.13. The number of aromatic nitrogens is 2. The average molecular weight is 220 g/mol. The second-order valence-corrected chi connectivity index (χ2v) is 4.13. The molecule has 1 aromatic heterocycles. The summed E-state index contributed by atoms with van der Waals surface area (Å²) in [7, 11) is 0. The second-order valence-electron chi connectivity index (χ2n) is 4.13. The summed E-state index contributed by atoms with van der Waals surface area (Å²) in [5, 5.41) is 6.13. The van der Waals surface area contributed by atoms with Gasteiger partial charge >= 0.3 is 0 Å². The van der Waals surface area contributed by atoms with E-state index in [1.165, 1.54) is 0 Å². The maximum Gasteiger partial charge on any atom is 0.220 e. The molecule has 5 heteroatoms. The van der Waals surface area contributed by atoms with Crippen LogP contribution in [0.25, 0.3) is 0 Å². The average Bonchev–Trinajstić information content (AvgIpc) is 2.60. The van der Waals surface area contributed by atoms with Gasteiger partial charge in [-0.05, 0) is 20.3 Å². The molecule has 2 rings (SSSR count). The Balaban J connectivity index is 1.91. The summed E-state index contributed by atoms with van der Waals surface area (Å²) in [5.41, 5.74) is 0.949. The molecule has 1 fully saturated rings. The van der Waals surface area contributed by atoms with Crippen molar-refractivity contribution in [1.82, 2.24) is 15.3 Å². The molecule has 1 aliphatic heterocycles. The van der Waals surface area contributed by atoms with Gasteiger partial charge in [-0.2, -0.15) is 0 Å². The van der Waals surface area contributed by atoms with Crippen LogP contribution in [0.3, 0.4) is 0 Å². The van der Waals surface area contributed by atoms with Crippen LogP contribution in [0, 0.1) is 13.8 Å². The third kappa shape index (κ3) is 2.68. The number of carbonyl (C=O) groups excluding carboxylic acids is 1. The predicted octanol–water partition coefficient (Wildman–Crippen LogP) is 0.784. The van der Waals surface area contributed by atoms with Crippen LogP contribution in [-0.2, 0) is 4.79 Å². The van der Waals surface area contributed by atoms with Crippen molar-refractivity contribution in [2.24, 2.45) is 0 Å². The number of nitrogens with one attached hydrogen (secondary N) is 2. The zero-order chi connectivity index (χ0) is 11.5. The molecular weight excluding hydrogens is 204 g/mol. The molecule has 2 N–H and O–H groups in total. The highest BCUT2D eigenvalue weighted by Crippen LogP contribution is 2.09. The van der Waals surface area contributed by atoms with E-state index in [1.807, 2.05) is 19.9 Å². The van der Waals surface area contributed by atoms with Crippen LogP contribution in [0.15, 0.2) is 6.07 Å². The Labute approximate surface area is 94.7 Å². The van der Waals surface area contributed by atoms with Crippen molar-refractivity contribution in [3.63, 3.8) is 0 Å². The molecule has 1 atom stereocenters. The molecule has 0 bridgehead atoms. The molecule has 0 aromatic carbocycles. The third-order valence-electron chi connectivity index (χ3n) is 2.58. The number of nitrogens with zero attached hydrogens (tertiary/aromatic N) is 2. The molecule has 0 saturated carbocycles. The lowest BCUT2D eigenvalue weighted by Gasteiger charge is -2.12. The Morgan fingerprint density at radius 3 is 2.94 bits per heavy atom. The maximum absolute atomic E-state index is 11.0. The number of amides is 1. The molecule has 1 unspecified atom stereocenters. The van der Waals surface area contributed by atoms with E-state index in [9.17, 15) is 4.79 Å². The first-order valence-electron chi connectivity index (χ1n) is 5.49. The van der Waals surface area contributed by atoms with Gasteiger partial charge in [-0.1, -0.05) is 0 Å². The van der Waals surface area contributed by atoms with Crippen molar-refractivity contribution in [3.05, 3.63) is 17.6 Å². The molecule has 1 aromatic rings. The largest absolute Gasteiger partial charge is 0.368 e. The molecule has 1 amide bonds. The third-order valence-corrected chi connectivity index (χ3v) is 2.58. The van der Waals surface area contributed by atoms with Gasteiger partial charge in [0.2, 0.25) is 5.91 Å². The van der Waals surface area contributed by atoms with Crippen molar-refractivity contribution in [1.29, 1.82) is 0 Å². The molecule has 5 nitrogen and oxygen atoms in total. The number of anilines is 1. The molecular formula is C11H16N4O. The fourth-order valence-electron chi connectivity index (χ4n) is 1.87. The smallest absolute Gasteiger partial charge is 0.220 e. The van der Waals surface area contributed by atoms with Gasteiger partial charge in [0.1, 0.15) is 11.6 Å². The maximum atomic E-state index is 11.0. The van der Waals surface area contributed by atoms with Crippen molar-refractivity contribution >= 4 is 11.7 Å². The molecule has 16 heavy (non-hydrogen) atoms. The van der Waals surface area contributed by atoms with Crippen LogP contribution < -0.4 is 10.6 Å². The summed E-state index contributed by atoms with van der Waals surface area (Å²) < 4.78 is 0. The van der Waals surface area contributed by atoms with E-state index in [-0.39, 0.29) is 11.9 Å². The minimum Gasteiger partial charge on any atom is -0.368 e. The minimum absolute atomic E-state index is 0.141. The normalized spacial score (nSPS) is 19.6. The molecule has 1 saturated heterocycles. The molecule has 1 aliphatic rings. The zero-order valence-corrected chi connectivity index (χ0v) is 9.58. The number of rotatable bonds is 3. The van der Waals surface area contributed by atoms with Crippen molar-refractivity contribution in [3.8, 4) is 0 Å². The summed E-state index contributed by atoms with van der Waals surface area (Å²) in [4.78, 5) is 19.5. The molecule has 2 heterocycles. The zero-order valence-electron chi connectivity index (χ0n) is 9.58. The Morgan fingerprint density at radius 2 is 2.31 bits per heavy atom. The topological polar surface area (TPSA) is 66.9 Å². The summed E-state index contributed by atoms with van der Waals surface area (Å²) in [6.45, 7) is 4.54. The van der Waals surface area contributed by atoms with Crippen LogP contribution >= 0.6 is 0 Å². The van der Waals surface area contributed by atoms with Crippen molar-refractivity contribution in [2.45, 2.75) is 32.7 Å². The van der Waals surface area contributed by atoms with Gasteiger partial charge in [-0.15, -0.1) is 0 Å². The van der Waals surface area contributed by atoms with Crippen LogP contribution in [-0.4, -0.2) is 28.5 Å². The van der Waals surface area contributed by atoms with Gasteiger partial charge in [0.25, 0.3) is 0 Å². The van der Waals surface area contributed by atoms with Crippen LogP contribution in [0.5, 0.6) is 0 Å². The van der Waals surface area contributed by atoms with Crippen molar-refractivity contribution in [2.75, 3.05) is 11.9 Å². The highest BCUT2D eigenvalue weighted by atomic mass is 16.1. The van der Waals surface area contributed by atoms with Gasteiger partial charge in [-0.25, -0.2) is 9.97 Å². The Morgan fingerprint density at radius 1 is 1.50 bits per heavy atom. The van der Waals surface area contributed by atoms with Crippen LogP contribution in [0.2, 0.25) is 0 Å². The lowest BCUT2D eigenvalue weighted by Crippen LogP contribution is -2.32. The van der Waals surface area contributed by atoms with Gasteiger partial charge < -0.3 is 10.6 Å². The number of aryl methyl sites for hydroxylation is 2. The van der Waals surface area contributed by atoms with E-state index in [0.717, 1.165) is 30.3 Å². The quantitative estimate of drug-likeness (QED) is 0.790. The Hall–Kier alpha value is -1.65. The lowest BCUT2D eigenvalue weighted by atomic mass is 10.2. The minimum atomic E-state index is 0.141. The van der Waals surface area contributed by atoms with Gasteiger partial charge in [0.05, 0.1) is 0 Å². The Bertz CT molecular complexity index is 385. The summed E-state index contributed by atoms with van der Waals surface area (Å²) in [6.07, 6.45) is 1.53. The summed E-state index contributed by atoms with van der Waals surface area (Å²) in [5.74, 6) is 1.73. The van der Waals surface area contributed by atoms with E-state index < -0.39 is 0 Å². The second kappa shape index (κ2) is 4.47. The number of carbonyl (C=O) groups is 1. The fourth-order valence-corrected chi connectivity index (χ4v) is 1.87. The Kier molecular flexibility index (Phi) is 3.03. The summed E-state index contributed by atoms with van der Waals surface area (Å²) >= 11 is 0. The van der Waals surface area contributed by atoms with Crippen LogP contribution in [0.4, 0.5) is 5.82 Å². The van der Waals surface area contributed by atoms with E-state index in [4.69, 9.17) is 0 Å². The first-order chi connectivity index (χ1) is 7.63. The fraction of sp³-hybridized carbons (Fsp3) is 0.545. The van der Waals surface area contributed by atoms with Gasteiger partial charge in [0, 0.05) is 30.8 Å². The van der Waals surface area contributed by atoms with E-state index in [2.05, 4.69) is 20.6 Å². The van der Waals surface area contributed by atoms with Crippen LogP contribution in [0.1, 0.15) is 24.4 Å². The predicted molar refractivity (Wildman–Crippen MR) is 61.2 cm³/mol. The van der Waals surface area contributed by atoms with E-state index >= 15 is 0 Å². The highest BCUT2D eigenvalue weighted by molar-refractivity contribution is 5.78. The standard InChI is InChI=1S/C11H16N4O/c1-7-5-10(14-8(2)13-7)12-6-9-3-4-11(16)15-9/h5,9H,3-4,6H2,1-2H3,(H,15,16)(H,12,13,14). The van der Waals surface area contributed by atoms with Crippen molar-refractivity contribution < 1.29 is 4.79 Å². The number of hydrogen-bond acceptors (Lipinski definition) is 4. The molecule has 0 aliphatic carbocycles. The number of hydrogen-bond donors (Lipinski definition) is 2. The van der Waals surface area contributed by atoms with Gasteiger partial charge in [-0.3, -0.25) is 4.79 Å². The molecule has 86 valence electrons. The first-order valence-corrected chi connectivity index (χ1v) is 5.49. The monoisotopic (exact) mass is 220 g/mol.